The first-order valence-electron chi connectivity index (χ1n) is 6.80. The van der Waals surface area contributed by atoms with Crippen molar-refractivity contribution in [1.29, 1.82) is 0 Å². The Labute approximate surface area is 123 Å². The molecule has 1 fully saturated rings. The van der Waals surface area contributed by atoms with E-state index in [-0.39, 0.29) is 11.6 Å². The average Bonchev–Trinajstić information content (AvgIpc) is 3.17. The van der Waals surface area contributed by atoms with E-state index in [1.54, 1.807) is 13.0 Å². The lowest BCUT2D eigenvalue weighted by Crippen LogP contribution is -2.58. The lowest BCUT2D eigenvalue weighted by Gasteiger charge is -2.32. The van der Waals surface area contributed by atoms with Crippen LogP contribution in [-0.2, 0) is 0 Å². The lowest BCUT2D eigenvalue weighted by molar-refractivity contribution is -0.194. The van der Waals surface area contributed by atoms with E-state index in [9.17, 15) is 18.0 Å². The molecule has 1 N–H and O–H groups in total. The molecule has 0 spiro atoms. The third-order valence-corrected chi connectivity index (χ3v) is 3.99. The van der Waals surface area contributed by atoms with Crippen LogP contribution < -0.4 is 5.32 Å². The molecule has 1 saturated carbocycles. The number of fused-ring (bicyclic) bond motifs is 1. The largest absolute Gasteiger partial charge is 0.411 e. The van der Waals surface area contributed by atoms with Gasteiger partial charge >= 0.3 is 6.18 Å². The molecule has 0 aromatic carbocycles. The predicted molar refractivity (Wildman–Crippen MR) is 70.2 cm³/mol. The summed E-state index contributed by atoms with van der Waals surface area (Å²) in [5.74, 6) is -1.70. The zero-order chi connectivity index (χ0) is 16.1. The van der Waals surface area contributed by atoms with Gasteiger partial charge in [0.2, 0.25) is 5.82 Å². The maximum absolute atomic E-state index is 13.3. The van der Waals surface area contributed by atoms with Gasteiger partial charge in [0.1, 0.15) is 5.54 Å². The first-order chi connectivity index (χ1) is 10.2. The molecule has 0 saturated heterocycles. The van der Waals surface area contributed by atoms with Crippen LogP contribution in [-0.4, -0.2) is 37.2 Å². The first kappa shape index (κ1) is 14.7. The Balaban J connectivity index is 1.91. The summed E-state index contributed by atoms with van der Waals surface area (Å²) in [5.41, 5.74) is -1.58. The predicted octanol–water partition coefficient (Wildman–Crippen LogP) is 1.89. The molecule has 9 heteroatoms. The Hall–Kier alpha value is -2.19. The van der Waals surface area contributed by atoms with Gasteiger partial charge in [-0.15, -0.1) is 5.10 Å². The summed E-state index contributed by atoms with van der Waals surface area (Å²) in [5, 5.41) is 5.98. The second-order valence-electron chi connectivity index (χ2n) is 5.66. The number of rotatable bonds is 3. The molecular formula is C13H14F3N5O. The molecule has 2 aromatic rings. The number of carbonyl (C=O) groups is 1. The third kappa shape index (κ3) is 2.30. The second-order valence-corrected chi connectivity index (χ2v) is 5.66. The molecule has 0 aliphatic heterocycles. The molecule has 0 bridgehead atoms. The normalized spacial score (nSPS) is 18.2. The van der Waals surface area contributed by atoms with E-state index in [1.807, 2.05) is 0 Å². The van der Waals surface area contributed by atoms with Crippen molar-refractivity contribution < 1.29 is 18.0 Å². The Kier molecular flexibility index (Phi) is 3.12. The van der Waals surface area contributed by atoms with Gasteiger partial charge in [-0.05, 0) is 38.7 Å². The summed E-state index contributed by atoms with van der Waals surface area (Å²) in [4.78, 5) is 19.9. The number of nitrogens with one attached hydrogen (secondary N) is 1. The summed E-state index contributed by atoms with van der Waals surface area (Å²) in [7, 11) is 0. The summed E-state index contributed by atoms with van der Waals surface area (Å²) in [6.45, 7) is 2.73. The fraction of sp³-hybridized carbons (Fsp3) is 0.538. The lowest BCUT2D eigenvalue weighted by atomic mass is 9.95. The highest BCUT2D eigenvalue weighted by Gasteiger charge is 2.60. The van der Waals surface area contributed by atoms with Gasteiger partial charge in [0.25, 0.3) is 11.7 Å². The van der Waals surface area contributed by atoms with E-state index in [0.717, 1.165) is 6.92 Å². The topological polar surface area (TPSA) is 72.2 Å². The van der Waals surface area contributed by atoms with Crippen LogP contribution in [0.4, 0.5) is 13.2 Å². The standard InChI is InChI=1S/C13H14F3N5O/c1-7-5-6-17-11-18-9(20-21(7)11)10(22)19-12(2,8-3-4-8)13(14,15)16/h5-6,8H,3-4H2,1-2H3,(H,19,22). The highest BCUT2D eigenvalue weighted by Crippen LogP contribution is 2.48. The summed E-state index contributed by atoms with van der Waals surface area (Å²) in [6.07, 6.45) is -2.16. The maximum atomic E-state index is 13.3. The molecule has 22 heavy (non-hydrogen) atoms. The zero-order valence-electron chi connectivity index (χ0n) is 12.0. The van der Waals surface area contributed by atoms with E-state index in [4.69, 9.17) is 0 Å². The molecule has 1 aliphatic rings. The molecule has 2 aromatic heterocycles. The number of alkyl halides is 3. The van der Waals surface area contributed by atoms with Crippen LogP contribution in [0.5, 0.6) is 0 Å². The number of aromatic nitrogens is 4. The van der Waals surface area contributed by atoms with Crippen molar-refractivity contribution in [2.75, 3.05) is 0 Å². The molecule has 0 radical (unpaired) electrons. The fourth-order valence-electron chi connectivity index (χ4n) is 2.36. The minimum absolute atomic E-state index is 0.172. The minimum Gasteiger partial charge on any atom is -0.335 e. The minimum atomic E-state index is -4.53. The Morgan fingerprint density at radius 1 is 1.41 bits per heavy atom. The molecule has 1 unspecified atom stereocenters. The Morgan fingerprint density at radius 2 is 2.09 bits per heavy atom. The summed E-state index contributed by atoms with van der Waals surface area (Å²) >= 11 is 0. The van der Waals surface area contributed by atoms with Crippen molar-refractivity contribution in [3.05, 3.63) is 23.8 Å². The summed E-state index contributed by atoms with van der Waals surface area (Å²) in [6, 6.07) is 1.66. The van der Waals surface area contributed by atoms with Crippen LogP contribution in [0.3, 0.4) is 0 Å². The van der Waals surface area contributed by atoms with Crippen LogP contribution in [0.15, 0.2) is 12.3 Å². The number of nitrogens with zero attached hydrogens (tertiary/aromatic N) is 4. The van der Waals surface area contributed by atoms with Crippen LogP contribution in [0.25, 0.3) is 5.78 Å². The van der Waals surface area contributed by atoms with Crippen LogP contribution in [0.2, 0.25) is 0 Å². The van der Waals surface area contributed by atoms with Crippen molar-refractivity contribution in [3.63, 3.8) is 0 Å². The highest BCUT2D eigenvalue weighted by molar-refractivity contribution is 5.91. The van der Waals surface area contributed by atoms with Gasteiger partial charge < -0.3 is 5.32 Å². The quantitative estimate of drug-likeness (QED) is 0.939. The van der Waals surface area contributed by atoms with Crippen LogP contribution >= 0.6 is 0 Å². The van der Waals surface area contributed by atoms with E-state index in [2.05, 4.69) is 20.4 Å². The smallest absolute Gasteiger partial charge is 0.335 e. The molecule has 118 valence electrons. The molecule has 6 nitrogen and oxygen atoms in total. The van der Waals surface area contributed by atoms with E-state index in [0.29, 0.717) is 18.5 Å². The van der Waals surface area contributed by atoms with Gasteiger partial charge in [0.15, 0.2) is 0 Å². The number of hydrogen-bond donors (Lipinski definition) is 1. The van der Waals surface area contributed by atoms with Gasteiger partial charge in [0, 0.05) is 11.9 Å². The number of amides is 1. The Bertz CT molecular complexity index is 737. The number of hydrogen-bond acceptors (Lipinski definition) is 4. The zero-order valence-corrected chi connectivity index (χ0v) is 12.0. The SMILES string of the molecule is Cc1ccnc2nc(C(=O)NC(C)(C3CC3)C(F)(F)F)nn12. The number of aryl methyl sites for hydroxylation is 1. The van der Waals surface area contributed by atoms with Crippen LogP contribution in [0.1, 0.15) is 36.1 Å². The van der Waals surface area contributed by atoms with Crippen molar-refractivity contribution in [1.82, 2.24) is 24.9 Å². The van der Waals surface area contributed by atoms with Crippen molar-refractivity contribution in [2.24, 2.45) is 5.92 Å². The molecular weight excluding hydrogens is 299 g/mol. The van der Waals surface area contributed by atoms with Gasteiger partial charge in [-0.3, -0.25) is 4.79 Å². The van der Waals surface area contributed by atoms with Gasteiger partial charge in [-0.25, -0.2) is 9.50 Å². The van der Waals surface area contributed by atoms with E-state index >= 15 is 0 Å². The Morgan fingerprint density at radius 3 is 2.64 bits per heavy atom. The van der Waals surface area contributed by atoms with E-state index in [1.165, 1.54) is 10.7 Å². The first-order valence-corrected chi connectivity index (χ1v) is 6.80. The van der Waals surface area contributed by atoms with Crippen molar-refractivity contribution in [2.45, 2.75) is 38.4 Å². The average molecular weight is 313 g/mol. The number of carbonyl (C=O) groups excluding carboxylic acids is 1. The van der Waals surface area contributed by atoms with Crippen molar-refractivity contribution >= 4 is 11.7 Å². The number of halogens is 3. The second kappa shape index (κ2) is 4.65. The molecule has 1 aliphatic carbocycles. The van der Waals surface area contributed by atoms with Gasteiger partial charge in [-0.1, -0.05) is 0 Å². The maximum Gasteiger partial charge on any atom is 0.411 e. The fourth-order valence-corrected chi connectivity index (χ4v) is 2.36. The summed E-state index contributed by atoms with van der Waals surface area (Å²) < 4.78 is 41.1. The van der Waals surface area contributed by atoms with Crippen molar-refractivity contribution in [3.8, 4) is 0 Å². The monoisotopic (exact) mass is 313 g/mol. The third-order valence-electron chi connectivity index (χ3n) is 3.99. The van der Waals surface area contributed by atoms with Gasteiger partial charge in [0.05, 0.1) is 0 Å². The highest BCUT2D eigenvalue weighted by atomic mass is 19.4. The molecule has 2 heterocycles. The van der Waals surface area contributed by atoms with E-state index < -0.39 is 23.5 Å². The van der Waals surface area contributed by atoms with Gasteiger partial charge in [-0.2, -0.15) is 18.2 Å². The molecule has 3 rings (SSSR count). The van der Waals surface area contributed by atoms with Crippen LogP contribution in [0, 0.1) is 12.8 Å². The molecule has 1 atom stereocenters. The molecule has 1 amide bonds.